The van der Waals surface area contributed by atoms with Crippen LogP contribution in [0.2, 0.25) is 0 Å². The van der Waals surface area contributed by atoms with Gasteiger partial charge in [-0.3, -0.25) is 19.2 Å². The zero-order valence-corrected chi connectivity index (χ0v) is 17.1. The highest BCUT2D eigenvalue weighted by molar-refractivity contribution is 5.96. The molecule has 3 rings (SSSR count). The monoisotopic (exact) mass is 423 g/mol. The Kier molecular flexibility index (Phi) is 7.37. The minimum Gasteiger partial charge on any atom is -0.454 e. The van der Waals surface area contributed by atoms with Crippen LogP contribution in [-0.2, 0) is 19.1 Å². The molecular weight excluding hydrogens is 398 g/mol. The summed E-state index contributed by atoms with van der Waals surface area (Å²) >= 11 is 0. The minimum atomic E-state index is -0.717. The van der Waals surface area contributed by atoms with Crippen LogP contribution < -0.4 is 11.1 Å². The van der Waals surface area contributed by atoms with Gasteiger partial charge in [0, 0.05) is 18.7 Å². The maximum Gasteiger partial charge on any atom is 0.325 e. The maximum absolute atomic E-state index is 12.2. The topological polar surface area (TPSA) is 119 Å². The summed E-state index contributed by atoms with van der Waals surface area (Å²) in [5.41, 5.74) is 7.73. The summed E-state index contributed by atoms with van der Waals surface area (Å²) in [5.74, 6) is -2.33. The second-order valence-electron chi connectivity index (χ2n) is 7.37. The van der Waals surface area contributed by atoms with Crippen molar-refractivity contribution in [2.24, 2.45) is 11.7 Å². The lowest BCUT2D eigenvalue weighted by molar-refractivity contribution is -0.152. The quantitative estimate of drug-likeness (QED) is 0.652. The SMILES string of the molecule is NC(=O)[C@@H]1CCCN(C(=O)COC(=O)CNC(=O)c2ccc(-c3ccccc3)cc2)C1. The van der Waals surface area contributed by atoms with Crippen LogP contribution in [0.25, 0.3) is 11.1 Å². The second kappa shape index (κ2) is 10.4. The van der Waals surface area contributed by atoms with Crippen LogP contribution in [0, 0.1) is 5.92 Å². The van der Waals surface area contributed by atoms with E-state index in [2.05, 4.69) is 5.32 Å². The van der Waals surface area contributed by atoms with Crippen LogP contribution in [0.3, 0.4) is 0 Å². The van der Waals surface area contributed by atoms with E-state index in [0.29, 0.717) is 24.9 Å². The fourth-order valence-corrected chi connectivity index (χ4v) is 3.42. The number of nitrogens with one attached hydrogen (secondary N) is 1. The van der Waals surface area contributed by atoms with Crippen LogP contribution in [0.15, 0.2) is 54.6 Å². The number of piperidine rings is 1. The number of hydrogen-bond acceptors (Lipinski definition) is 5. The molecule has 1 aliphatic rings. The van der Waals surface area contributed by atoms with Crippen molar-refractivity contribution in [1.82, 2.24) is 10.2 Å². The van der Waals surface area contributed by atoms with E-state index in [4.69, 9.17) is 10.5 Å². The summed E-state index contributed by atoms with van der Waals surface area (Å²) in [4.78, 5) is 49.1. The maximum atomic E-state index is 12.2. The average molecular weight is 423 g/mol. The van der Waals surface area contributed by atoms with Gasteiger partial charge in [0.1, 0.15) is 6.54 Å². The summed E-state index contributed by atoms with van der Waals surface area (Å²) < 4.78 is 4.95. The Morgan fingerprint density at radius 3 is 2.35 bits per heavy atom. The van der Waals surface area contributed by atoms with Gasteiger partial charge in [-0.05, 0) is 36.1 Å². The van der Waals surface area contributed by atoms with Gasteiger partial charge in [-0.1, -0.05) is 42.5 Å². The standard InChI is InChI=1S/C23H25N3O5/c24-22(29)19-7-4-12-26(14-19)20(27)15-31-21(28)13-25-23(30)18-10-8-17(9-11-18)16-5-2-1-3-6-16/h1-3,5-6,8-11,19H,4,7,12-15H2,(H2,24,29)(H,25,30)/t19-/m1/s1. The van der Waals surface area contributed by atoms with E-state index >= 15 is 0 Å². The fourth-order valence-electron chi connectivity index (χ4n) is 3.42. The van der Waals surface area contributed by atoms with Crippen LogP contribution in [-0.4, -0.2) is 54.8 Å². The van der Waals surface area contributed by atoms with Gasteiger partial charge < -0.3 is 20.7 Å². The van der Waals surface area contributed by atoms with E-state index in [9.17, 15) is 19.2 Å². The summed E-state index contributed by atoms with van der Waals surface area (Å²) in [6.45, 7) is -0.0558. The van der Waals surface area contributed by atoms with Crippen LogP contribution in [0.4, 0.5) is 0 Å². The van der Waals surface area contributed by atoms with Gasteiger partial charge >= 0.3 is 5.97 Å². The summed E-state index contributed by atoms with van der Waals surface area (Å²) in [5, 5.41) is 2.48. The first kappa shape index (κ1) is 22.0. The van der Waals surface area contributed by atoms with E-state index < -0.39 is 24.4 Å². The predicted octanol–water partition coefficient (Wildman–Crippen LogP) is 1.35. The number of nitrogens with two attached hydrogens (primary N) is 1. The lowest BCUT2D eigenvalue weighted by atomic mass is 9.97. The van der Waals surface area contributed by atoms with Crippen molar-refractivity contribution in [3.8, 4) is 11.1 Å². The van der Waals surface area contributed by atoms with E-state index in [1.54, 1.807) is 12.1 Å². The van der Waals surface area contributed by atoms with Crippen molar-refractivity contribution < 1.29 is 23.9 Å². The molecule has 1 aliphatic heterocycles. The van der Waals surface area contributed by atoms with Crippen molar-refractivity contribution in [2.75, 3.05) is 26.2 Å². The highest BCUT2D eigenvalue weighted by Gasteiger charge is 2.27. The smallest absolute Gasteiger partial charge is 0.325 e. The van der Waals surface area contributed by atoms with Gasteiger partial charge in [-0.25, -0.2) is 0 Å². The van der Waals surface area contributed by atoms with Gasteiger partial charge in [-0.2, -0.15) is 0 Å². The zero-order chi connectivity index (χ0) is 22.2. The number of amides is 3. The van der Waals surface area contributed by atoms with E-state index in [-0.39, 0.29) is 24.9 Å². The molecule has 31 heavy (non-hydrogen) atoms. The summed E-state index contributed by atoms with van der Waals surface area (Å²) in [6.07, 6.45) is 1.32. The van der Waals surface area contributed by atoms with Crippen LogP contribution in [0.5, 0.6) is 0 Å². The molecule has 2 aromatic rings. The Hall–Kier alpha value is -3.68. The molecule has 3 amide bonds. The second-order valence-corrected chi connectivity index (χ2v) is 7.37. The molecule has 0 aromatic heterocycles. The number of hydrogen-bond donors (Lipinski definition) is 2. The molecule has 2 aromatic carbocycles. The molecule has 1 saturated heterocycles. The van der Waals surface area contributed by atoms with Gasteiger partial charge in [0.05, 0.1) is 5.92 Å². The van der Waals surface area contributed by atoms with E-state index in [1.165, 1.54) is 4.90 Å². The number of primary amides is 1. The van der Waals surface area contributed by atoms with Crippen LogP contribution >= 0.6 is 0 Å². The van der Waals surface area contributed by atoms with E-state index in [0.717, 1.165) is 11.1 Å². The number of esters is 1. The lowest BCUT2D eigenvalue weighted by Gasteiger charge is -2.31. The highest BCUT2D eigenvalue weighted by Crippen LogP contribution is 2.19. The third-order valence-corrected chi connectivity index (χ3v) is 5.18. The number of likely N-dealkylation sites (tertiary alicyclic amines) is 1. The lowest BCUT2D eigenvalue weighted by Crippen LogP contribution is -2.45. The minimum absolute atomic E-state index is 0.238. The molecule has 0 radical (unpaired) electrons. The van der Waals surface area contributed by atoms with Crippen molar-refractivity contribution in [3.05, 3.63) is 60.2 Å². The first-order chi connectivity index (χ1) is 14.9. The Balaban J connectivity index is 1.42. The first-order valence-corrected chi connectivity index (χ1v) is 10.1. The molecule has 1 atom stereocenters. The fraction of sp³-hybridized carbons (Fsp3) is 0.304. The van der Waals surface area contributed by atoms with Gasteiger partial charge in [0.25, 0.3) is 11.8 Å². The number of nitrogens with zero attached hydrogens (tertiary/aromatic N) is 1. The van der Waals surface area contributed by atoms with Crippen LogP contribution in [0.1, 0.15) is 23.2 Å². The Bertz CT molecular complexity index is 943. The average Bonchev–Trinajstić information content (AvgIpc) is 2.81. The Morgan fingerprint density at radius 2 is 1.68 bits per heavy atom. The van der Waals surface area contributed by atoms with Crippen molar-refractivity contribution in [3.63, 3.8) is 0 Å². The summed E-state index contributed by atoms with van der Waals surface area (Å²) in [7, 11) is 0. The van der Waals surface area contributed by atoms with Gasteiger partial charge in [0.15, 0.2) is 6.61 Å². The molecule has 8 nitrogen and oxygen atoms in total. The van der Waals surface area contributed by atoms with Crippen molar-refractivity contribution >= 4 is 23.7 Å². The van der Waals surface area contributed by atoms with E-state index in [1.807, 2.05) is 42.5 Å². The first-order valence-electron chi connectivity index (χ1n) is 10.1. The largest absolute Gasteiger partial charge is 0.454 e. The molecule has 0 spiro atoms. The molecular formula is C23H25N3O5. The predicted molar refractivity (Wildman–Crippen MR) is 114 cm³/mol. The highest BCUT2D eigenvalue weighted by atomic mass is 16.5. The molecule has 0 aliphatic carbocycles. The molecule has 8 heteroatoms. The molecule has 0 bridgehead atoms. The number of carbonyl (C=O) groups excluding carboxylic acids is 4. The number of ether oxygens (including phenoxy) is 1. The van der Waals surface area contributed by atoms with Gasteiger partial charge in [-0.15, -0.1) is 0 Å². The molecule has 0 unspecified atom stereocenters. The van der Waals surface area contributed by atoms with Gasteiger partial charge in [0.2, 0.25) is 5.91 Å². The normalized spacial score (nSPS) is 15.7. The molecule has 1 heterocycles. The number of rotatable bonds is 7. The number of carbonyl (C=O) groups is 4. The third kappa shape index (κ3) is 6.15. The third-order valence-electron chi connectivity index (χ3n) is 5.18. The zero-order valence-electron chi connectivity index (χ0n) is 17.1. The van der Waals surface area contributed by atoms with Crippen molar-refractivity contribution in [2.45, 2.75) is 12.8 Å². The molecule has 0 saturated carbocycles. The molecule has 162 valence electrons. The number of benzene rings is 2. The Labute approximate surface area is 180 Å². The Morgan fingerprint density at radius 1 is 1.00 bits per heavy atom. The molecule has 1 fully saturated rings. The van der Waals surface area contributed by atoms with Crippen molar-refractivity contribution in [1.29, 1.82) is 0 Å². The summed E-state index contributed by atoms with van der Waals surface area (Å²) in [6, 6.07) is 16.8. The molecule has 3 N–H and O–H groups in total.